The Morgan fingerprint density at radius 3 is 2.80 bits per heavy atom. The third-order valence-corrected chi connectivity index (χ3v) is 5.06. The van der Waals surface area contributed by atoms with Crippen LogP contribution in [0.5, 0.6) is 0 Å². The van der Waals surface area contributed by atoms with Gasteiger partial charge in [-0.3, -0.25) is 9.59 Å². The molecule has 1 atom stereocenters. The summed E-state index contributed by atoms with van der Waals surface area (Å²) in [5.41, 5.74) is -0.961. The molecule has 2 fully saturated rings. The average molecular weight is 356 g/mol. The number of carbonyl (C=O) groups excluding carboxylic acids is 2. The van der Waals surface area contributed by atoms with E-state index in [9.17, 15) is 18.4 Å². The van der Waals surface area contributed by atoms with Gasteiger partial charge in [0.05, 0.1) is 30.4 Å². The van der Waals surface area contributed by atoms with Crippen LogP contribution >= 0.6 is 0 Å². The van der Waals surface area contributed by atoms with Gasteiger partial charge in [0.15, 0.2) is 0 Å². The van der Waals surface area contributed by atoms with E-state index in [4.69, 9.17) is 9.15 Å². The summed E-state index contributed by atoms with van der Waals surface area (Å²) in [5, 5.41) is 0. The van der Waals surface area contributed by atoms with Gasteiger partial charge in [0, 0.05) is 33.2 Å². The van der Waals surface area contributed by atoms with Crippen LogP contribution in [-0.4, -0.2) is 67.4 Å². The van der Waals surface area contributed by atoms with Gasteiger partial charge in [0.25, 0.3) is 11.8 Å². The molecule has 6 nitrogen and oxygen atoms in total. The Balaban J connectivity index is 1.83. The SMILES string of the molecule is COCCN1CC[C@]2(CN(C(=O)c3ccoc3C)CC(F)(F)C2)C1=O. The van der Waals surface area contributed by atoms with Crippen molar-refractivity contribution in [1.82, 2.24) is 9.80 Å². The lowest BCUT2D eigenvalue weighted by molar-refractivity contribution is -0.151. The lowest BCUT2D eigenvalue weighted by Crippen LogP contribution is -2.57. The van der Waals surface area contributed by atoms with Crippen molar-refractivity contribution in [2.45, 2.75) is 25.7 Å². The maximum absolute atomic E-state index is 14.4. The van der Waals surface area contributed by atoms with Gasteiger partial charge in [0.2, 0.25) is 5.91 Å². The van der Waals surface area contributed by atoms with Gasteiger partial charge in [-0.2, -0.15) is 0 Å². The van der Waals surface area contributed by atoms with E-state index in [0.29, 0.717) is 31.9 Å². The number of hydrogen-bond acceptors (Lipinski definition) is 4. The molecular formula is C17H22F2N2O4. The number of alkyl halides is 2. The number of rotatable bonds is 4. The molecule has 0 bridgehead atoms. The van der Waals surface area contributed by atoms with E-state index in [1.807, 2.05) is 0 Å². The highest BCUT2D eigenvalue weighted by molar-refractivity contribution is 5.96. The maximum atomic E-state index is 14.4. The molecule has 0 aliphatic carbocycles. The molecule has 0 unspecified atom stereocenters. The second-order valence-corrected chi connectivity index (χ2v) is 6.90. The standard InChI is InChI=1S/C17H22F2N2O4/c1-12-13(3-7-25-12)14(22)21-10-16(9-17(18,19)11-21)4-5-20(15(16)23)6-8-24-2/h3,7H,4-6,8-11H2,1-2H3/t16-/m0/s1. The van der Waals surface area contributed by atoms with Gasteiger partial charge in [-0.05, 0) is 19.4 Å². The third kappa shape index (κ3) is 3.27. The Morgan fingerprint density at radius 2 is 2.16 bits per heavy atom. The molecule has 2 aliphatic heterocycles. The molecule has 1 aromatic heterocycles. The molecule has 138 valence electrons. The second kappa shape index (κ2) is 6.40. The topological polar surface area (TPSA) is 63.0 Å². The van der Waals surface area contributed by atoms with Gasteiger partial charge in [-0.15, -0.1) is 0 Å². The first-order valence-corrected chi connectivity index (χ1v) is 8.27. The lowest BCUT2D eigenvalue weighted by atomic mass is 9.76. The van der Waals surface area contributed by atoms with Crippen LogP contribution in [0.2, 0.25) is 0 Å². The van der Waals surface area contributed by atoms with Crippen molar-refractivity contribution in [3.63, 3.8) is 0 Å². The number of piperidine rings is 1. The molecule has 25 heavy (non-hydrogen) atoms. The van der Waals surface area contributed by atoms with Crippen LogP contribution < -0.4 is 0 Å². The van der Waals surface area contributed by atoms with Gasteiger partial charge in [-0.25, -0.2) is 8.78 Å². The zero-order valence-electron chi connectivity index (χ0n) is 14.4. The van der Waals surface area contributed by atoms with Crippen molar-refractivity contribution in [1.29, 1.82) is 0 Å². The van der Waals surface area contributed by atoms with Crippen molar-refractivity contribution < 1.29 is 27.5 Å². The van der Waals surface area contributed by atoms with Crippen molar-refractivity contribution in [2.75, 3.05) is 39.9 Å². The van der Waals surface area contributed by atoms with Gasteiger partial charge >= 0.3 is 0 Å². The Bertz CT molecular complexity index is 675. The molecule has 3 heterocycles. The van der Waals surface area contributed by atoms with Crippen molar-refractivity contribution in [3.8, 4) is 0 Å². The first kappa shape index (κ1) is 17.8. The Kier molecular flexibility index (Phi) is 4.57. The van der Waals surface area contributed by atoms with Crippen LogP contribution in [-0.2, 0) is 9.53 Å². The highest BCUT2D eigenvalue weighted by atomic mass is 19.3. The fraction of sp³-hybridized carbons (Fsp3) is 0.647. The highest BCUT2D eigenvalue weighted by Gasteiger charge is 2.57. The van der Waals surface area contributed by atoms with E-state index >= 15 is 0 Å². The largest absolute Gasteiger partial charge is 0.469 e. The predicted octanol–water partition coefficient (Wildman–Crippen LogP) is 1.93. The lowest BCUT2D eigenvalue weighted by Gasteiger charge is -2.42. The summed E-state index contributed by atoms with van der Waals surface area (Å²) in [6.45, 7) is 2.08. The Labute approximate surface area is 144 Å². The summed E-state index contributed by atoms with van der Waals surface area (Å²) in [6, 6.07) is 1.47. The number of likely N-dealkylation sites (tertiary alicyclic amines) is 2. The summed E-state index contributed by atoms with van der Waals surface area (Å²) in [6.07, 6.45) is 1.16. The molecule has 8 heteroatoms. The minimum atomic E-state index is -3.10. The summed E-state index contributed by atoms with van der Waals surface area (Å²) in [7, 11) is 1.53. The van der Waals surface area contributed by atoms with Crippen molar-refractivity contribution in [2.24, 2.45) is 5.41 Å². The number of hydrogen-bond donors (Lipinski definition) is 0. The monoisotopic (exact) mass is 356 g/mol. The van der Waals surface area contributed by atoms with Crippen LogP contribution in [0.3, 0.4) is 0 Å². The third-order valence-electron chi connectivity index (χ3n) is 5.06. The van der Waals surface area contributed by atoms with Crippen LogP contribution in [0.15, 0.2) is 16.7 Å². The fourth-order valence-electron chi connectivity index (χ4n) is 3.85. The highest BCUT2D eigenvalue weighted by Crippen LogP contribution is 2.46. The van der Waals surface area contributed by atoms with Crippen molar-refractivity contribution >= 4 is 11.8 Å². The molecule has 1 aromatic rings. The quantitative estimate of drug-likeness (QED) is 0.827. The zero-order valence-corrected chi connectivity index (χ0v) is 14.4. The molecule has 3 rings (SSSR count). The van der Waals surface area contributed by atoms with E-state index in [-0.39, 0.29) is 18.0 Å². The Hall–Kier alpha value is -1.96. The molecule has 2 aliphatic rings. The van der Waals surface area contributed by atoms with Crippen LogP contribution in [0, 0.1) is 12.3 Å². The first-order chi connectivity index (χ1) is 11.8. The molecule has 0 aromatic carbocycles. The molecule has 2 saturated heterocycles. The number of halogens is 2. The zero-order chi connectivity index (χ0) is 18.2. The first-order valence-electron chi connectivity index (χ1n) is 8.27. The van der Waals surface area contributed by atoms with Crippen LogP contribution in [0.4, 0.5) is 8.78 Å². The minimum absolute atomic E-state index is 0.00829. The normalized spacial score (nSPS) is 25.8. The van der Waals surface area contributed by atoms with Gasteiger partial charge in [0.1, 0.15) is 5.76 Å². The van der Waals surface area contributed by atoms with E-state index in [2.05, 4.69) is 0 Å². The Morgan fingerprint density at radius 1 is 1.40 bits per heavy atom. The van der Waals surface area contributed by atoms with E-state index < -0.39 is 30.2 Å². The number of aryl methyl sites for hydroxylation is 1. The molecule has 0 radical (unpaired) electrons. The fourth-order valence-corrected chi connectivity index (χ4v) is 3.85. The van der Waals surface area contributed by atoms with E-state index in [0.717, 1.165) is 4.90 Å². The van der Waals surface area contributed by atoms with Crippen LogP contribution in [0.25, 0.3) is 0 Å². The van der Waals surface area contributed by atoms with Gasteiger partial charge < -0.3 is 19.0 Å². The molecule has 0 N–H and O–H groups in total. The minimum Gasteiger partial charge on any atom is -0.469 e. The summed E-state index contributed by atoms with van der Waals surface area (Å²) < 4.78 is 38.9. The average Bonchev–Trinajstić information content (AvgIpc) is 3.09. The maximum Gasteiger partial charge on any atom is 0.266 e. The molecular weight excluding hydrogens is 334 g/mol. The molecule has 2 amide bonds. The number of nitrogens with zero attached hydrogens (tertiary/aromatic N) is 2. The second-order valence-electron chi connectivity index (χ2n) is 6.90. The van der Waals surface area contributed by atoms with Crippen LogP contribution in [0.1, 0.15) is 29.0 Å². The van der Waals surface area contributed by atoms with Crippen molar-refractivity contribution in [3.05, 3.63) is 23.7 Å². The molecule has 1 spiro atoms. The number of amides is 2. The summed E-state index contributed by atoms with van der Waals surface area (Å²) in [5.74, 6) is -3.55. The summed E-state index contributed by atoms with van der Waals surface area (Å²) in [4.78, 5) is 28.1. The van der Waals surface area contributed by atoms with E-state index in [1.165, 1.54) is 19.4 Å². The smallest absolute Gasteiger partial charge is 0.266 e. The molecule has 0 saturated carbocycles. The number of methoxy groups -OCH3 is 1. The van der Waals surface area contributed by atoms with Gasteiger partial charge in [-0.1, -0.05) is 0 Å². The number of ether oxygens (including phenoxy) is 1. The van der Waals surface area contributed by atoms with E-state index in [1.54, 1.807) is 11.8 Å². The number of carbonyl (C=O) groups is 2. The predicted molar refractivity (Wildman–Crippen MR) is 84.4 cm³/mol. The number of furan rings is 1. The summed E-state index contributed by atoms with van der Waals surface area (Å²) >= 11 is 0.